The minimum atomic E-state index is -4.74. The number of nitrogens with zero attached hydrogens (tertiary/aromatic N) is 1. The number of carboxylic acid groups (broad SMARTS) is 1. The van der Waals surface area contributed by atoms with Crippen LogP contribution in [0.5, 0.6) is 0 Å². The van der Waals surface area contributed by atoms with E-state index < -0.39 is 51.0 Å². The number of aliphatic hydroxyl groups excluding tert-OH is 1. The highest BCUT2D eigenvalue weighted by Gasteiger charge is 2.57. The average Bonchev–Trinajstić information content (AvgIpc) is 2.70. The number of rotatable bonds is 5. The monoisotopic (exact) mass is 401 g/mol. The van der Waals surface area contributed by atoms with Crippen LogP contribution in [0.2, 0.25) is 18.1 Å². The third-order valence-corrected chi connectivity index (χ3v) is 9.83. The van der Waals surface area contributed by atoms with Crippen LogP contribution in [0.4, 0.5) is 18.0 Å². The lowest BCUT2D eigenvalue weighted by molar-refractivity contribution is -0.213. The first-order valence-electron chi connectivity index (χ1n) is 8.47. The Morgan fingerprint density at radius 1 is 1.35 bits per heavy atom. The van der Waals surface area contributed by atoms with Crippen LogP contribution in [0.15, 0.2) is 0 Å². The van der Waals surface area contributed by atoms with Gasteiger partial charge in [-0.15, -0.1) is 0 Å². The van der Waals surface area contributed by atoms with Gasteiger partial charge in [0, 0.05) is 0 Å². The summed E-state index contributed by atoms with van der Waals surface area (Å²) in [4.78, 5) is 12.6. The summed E-state index contributed by atoms with van der Waals surface area (Å²) in [5.41, 5.74) is -1.28. The first-order valence-corrected chi connectivity index (χ1v) is 11.4. The van der Waals surface area contributed by atoms with E-state index in [1.165, 1.54) is 13.8 Å². The predicted octanol–water partition coefficient (Wildman–Crippen LogP) is 3.66. The summed E-state index contributed by atoms with van der Waals surface area (Å²) in [6.45, 7) is 10.7. The fourth-order valence-corrected chi connectivity index (χ4v) is 4.14. The van der Waals surface area contributed by atoms with E-state index in [1.807, 2.05) is 20.8 Å². The maximum absolute atomic E-state index is 13.6. The molecule has 154 valence electrons. The van der Waals surface area contributed by atoms with Crippen LogP contribution in [0.25, 0.3) is 0 Å². The van der Waals surface area contributed by atoms with Crippen LogP contribution < -0.4 is 0 Å². The van der Waals surface area contributed by atoms with Crippen molar-refractivity contribution in [2.45, 2.75) is 76.8 Å². The number of halogens is 3. The maximum atomic E-state index is 13.6. The number of aliphatic hydroxyl groups is 1. The van der Waals surface area contributed by atoms with Gasteiger partial charge < -0.3 is 19.4 Å². The molecule has 1 amide bonds. The molecule has 1 saturated heterocycles. The maximum Gasteiger partial charge on any atom is 0.409 e. The van der Waals surface area contributed by atoms with Gasteiger partial charge in [0.15, 0.2) is 8.32 Å². The smallest absolute Gasteiger partial charge is 0.409 e. The van der Waals surface area contributed by atoms with Crippen LogP contribution in [0.3, 0.4) is 0 Å². The Bertz CT molecular complexity index is 519. The lowest BCUT2D eigenvalue weighted by Gasteiger charge is -2.45. The van der Waals surface area contributed by atoms with Gasteiger partial charge in [-0.2, -0.15) is 13.2 Å². The van der Waals surface area contributed by atoms with Crippen molar-refractivity contribution in [1.82, 2.24) is 4.90 Å². The van der Waals surface area contributed by atoms with E-state index in [0.717, 1.165) is 4.90 Å². The zero-order valence-corrected chi connectivity index (χ0v) is 17.3. The molecule has 0 aromatic heterocycles. The van der Waals surface area contributed by atoms with Crippen molar-refractivity contribution in [2.24, 2.45) is 5.92 Å². The molecule has 0 unspecified atom stereocenters. The average molecular weight is 401 g/mol. The van der Waals surface area contributed by atoms with Gasteiger partial charge in [0.25, 0.3) is 0 Å². The van der Waals surface area contributed by atoms with E-state index in [4.69, 9.17) is 9.16 Å². The Hall–Kier alpha value is -0.843. The number of hydrogen-bond acceptors (Lipinski definition) is 4. The second-order valence-electron chi connectivity index (χ2n) is 8.65. The van der Waals surface area contributed by atoms with Gasteiger partial charge in [0.05, 0.1) is 25.4 Å². The van der Waals surface area contributed by atoms with E-state index >= 15 is 0 Å². The molecule has 0 aromatic carbocycles. The molecule has 0 aliphatic carbocycles. The molecule has 2 N–H and O–H groups in total. The number of amides is 1. The molecule has 0 spiro atoms. The molecule has 1 aliphatic heterocycles. The van der Waals surface area contributed by atoms with Crippen LogP contribution in [-0.2, 0) is 9.16 Å². The second-order valence-corrected chi connectivity index (χ2v) is 13.4. The minimum absolute atomic E-state index is 0.231. The van der Waals surface area contributed by atoms with Crippen molar-refractivity contribution in [3.05, 3.63) is 0 Å². The molecule has 1 fully saturated rings. The van der Waals surface area contributed by atoms with Crippen LogP contribution in [-0.4, -0.2) is 66.8 Å². The number of hydrogen-bond donors (Lipinski definition) is 2. The minimum Gasteiger partial charge on any atom is -0.465 e. The van der Waals surface area contributed by atoms with Crippen molar-refractivity contribution in [3.8, 4) is 0 Å². The van der Waals surface area contributed by atoms with Crippen molar-refractivity contribution in [2.75, 3.05) is 13.2 Å². The molecule has 0 bridgehead atoms. The van der Waals surface area contributed by atoms with Crippen LogP contribution >= 0.6 is 0 Å². The number of alkyl halides is 3. The zero-order chi connectivity index (χ0) is 20.7. The molecule has 26 heavy (non-hydrogen) atoms. The van der Waals surface area contributed by atoms with E-state index in [-0.39, 0.29) is 11.6 Å². The molecule has 0 saturated carbocycles. The first-order chi connectivity index (χ1) is 11.5. The Labute approximate surface area is 153 Å². The van der Waals surface area contributed by atoms with Crippen molar-refractivity contribution in [1.29, 1.82) is 0 Å². The molecule has 6 nitrogen and oxygen atoms in total. The molecule has 1 heterocycles. The Morgan fingerprint density at radius 2 is 1.85 bits per heavy atom. The van der Waals surface area contributed by atoms with E-state index in [9.17, 15) is 28.2 Å². The molecule has 3 atom stereocenters. The summed E-state index contributed by atoms with van der Waals surface area (Å²) >= 11 is 0. The highest BCUT2D eigenvalue weighted by Crippen LogP contribution is 2.43. The molecule has 1 aliphatic rings. The van der Waals surface area contributed by atoms with Gasteiger partial charge in [-0.3, -0.25) is 4.90 Å². The summed E-state index contributed by atoms with van der Waals surface area (Å²) in [5, 5.41) is 18.6. The summed E-state index contributed by atoms with van der Waals surface area (Å²) in [6, 6.07) is -1.17. The SMILES string of the molecule is CC1(C)OC[C@H]([C@H](O[Si](C)(C)C(C)(C)C)[C@H](CO)C(F)(F)F)N1C(=O)O. The van der Waals surface area contributed by atoms with E-state index in [1.54, 1.807) is 13.1 Å². The highest BCUT2D eigenvalue weighted by atomic mass is 28.4. The predicted molar refractivity (Wildman–Crippen MR) is 92.4 cm³/mol. The molecular weight excluding hydrogens is 371 g/mol. The van der Waals surface area contributed by atoms with Gasteiger partial charge in [-0.25, -0.2) is 4.79 Å². The molecule has 0 aromatic rings. The summed E-state index contributed by atoms with van der Waals surface area (Å²) in [7, 11) is -2.69. The van der Waals surface area contributed by atoms with Gasteiger partial charge in [0.2, 0.25) is 0 Å². The quantitative estimate of drug-likeness (QED) is 0.688. The van der Waals surface area contributed by atoms with Gasteiger partial charge in [0.1, 0.15) is 11.6 Å². The lowest BCUT2D eigenvalue weighted by Crippen LogP contribution is -2.59. The van der Waals surface area contributed by atoms with Crippen molar-refractivity contribution < 1.29 is 37.3 Å². The Balaban J connectivity index is 3.39. The molecule has 10 heteroatoms. The van der Waals surface area contributed by atoms with Crippen LogP contribution in [0, 0.1) is 5.92 Å². The molecule has 1 rings (SSSR count). The summed E-state index contributed by atoms with van der Waals surface area (Å²) in [6.07, 6.45) is -7.68. The Morgan fingerprint density at radius 3 is 2.19 bits per heavy atom. The van der Waals surface area contributed by atoms with Crippen molar-refractivity contribution >= 4 is 14.4 Å². The van der Waals surface area contributed by atoms with Gasteiger partial charge in [-0.05, 0) is 32.0 Å². The van der Waals surface area contributed by atoms with Gasteiger partial charge in [-0.1, -0.05) is 20.8 Å². The largest absolute Gasteiger partial charge is 0.465 e. The lowest BCUT2D eigenvalue weighted by atomic mass is 9.95. The highest BCUT2D eigenvalue weighted by molar-refractivity contribution is 6.74. The van der Waals surface area contributed by atoms with E-state index in [0.29, 0.717) is 0 Å². The fourth-order valence-electron chi connectivity index (χ4n) is 2.79. The van der Waals surface area contributed by atoms with Gasteiger partial charge >= 0.3 is 12.3 Å². The normalized spacial score (nSPS) is 23.8. The number of ether oxygens (including phenoxy) is 1. The summed E-state index contributed by atoms with van der Waals surface area (Å²) in [5.74, 6) is -2.21. The second kappa shape index (κ2) is 7.29. The fraction of sp³-hybridized carbons (Fsp3) is 0.938. The Kier molecular flexibility index (Phi) is 6.50. The molecular formula is C16H30F3NO5Si. The van der Waals surface area contributed by atoms with Crippen molar-refractivity contribution in [3.63, 3.8) is 0 Å². The standard InChI is InChI=1S/C16H30F3NO5Si/c1-14(2,3)26(6,7)25-12(10(8-21)16(17,18)19)11-9-24-15(4,5)20(11)13(22)23/h10-12,21H,8-9H2,1-7H3,(H,22,23)/t10-,11+,12+/m0/s1. The summed E-state index contributed by atoms with van der Waals surface area (Å²) < 4.78 is 52.2. The third-order valence-electron chi connectivity index (χ3n) is 5.36. The van der Waals surface area contributed by atoms with Crippen LogP contribution in [0.1, 0.15) is 34.6 Å². The first kappa shape index (κ1) is 23.2. The third kappa shape index (κ3) is 4.70. The topological polar surface area (TPSA) is 79.2 Å². The van der Waals surface area contributed by atoms with E-state index in [2.05, 4.69) is 0 Å². The number of carbonyl (C=O) groups is 1. The zero-order valence-electron chi connectivity index (χ0n) is 16.3. The molecule has 0 radical (unpaired) electrons.